The number of piperidine rings is 2. The average Bonchev–Trinajstić information content (AvgIpc) is 3.51. The van der Waals surface area contributed by atoms with Gasteiger partial charge in [-0.15, -0.1) is 12.4 Å². The average molecular weight is 920 g/mol. The summed E-state index contributed by atoms with van der Waals surface area (Å²) in [4.78, 5) is 43.9. The van der Waals surface area contributed by atoms with E-state index in [0.717, 1.165) is 12.8 Å². The van der Waals surface area contributed by atoms with Crippen LogP contribution in [-0.2, 0) is 48.9 Å². The number of rotatable bonds is 9. The van der Waals surface area contributed by atoms with Gasteiger partial charge in [-0.2, -0.15) is 26.3 Å². The number of likely N-dealkylation sites (tertiary alicyclic amines) is 2. The van der Waals surface area contributed by atoms with E-state index in [0.29, 0.717) is 76.1 Å². The van der Waals surface area contributed by atoms with Crippen LogP contribution in [0.25, 0.3) is 0 Å². The van der Waals surface area contributed by atoms with Crippen molar-refractivity contribution in [2.45, 2.75) is 81.0 Å². The number of carbonyl (C=O) groups is 3. The quantitative estimate of drug-likeness (QED) is 0.218. The molecule has 7 rings (SSSR count). The van der Waals surface area contributed by atoms with Crippen molar-refractivity contribution in [2.75, 3.05) is 59.0 Å². The molecule has 3 aromatic rings. The van der Waals surface area contributed by atoms with Crippen molar-refractivity contribution in [3.8, 4) is 0 Å². The number of morpholine rings is 1. The summed E-state index contributed by atoms with van der Waals surface area (Å²) in [5, 5.41) is 3.41. The molecule has 61 heavy (non-hydrogen) atoms. The topological polar surface area (TPSA) is 91.4 Å². The molecule has 3 amide bonds. The number of carbonyl (C=O) groups excluding carboxylic acids is 3. The first-order valence-electron chi connectivity index (χ1n) is 20.0. The monoisotopic (exact) mass is 918 g/mol. The van der Waals surface area contributed by atoms with E-state index >= 15 is 0 Å². The Morgan fingerprint density at radius 2 is 1.51 bits per heavy atom. The van der Waals surface area contributed by atoms with E-state index in [2.05, 4.69) is 22.3 Å². The Morgan fingerprint density at radius 1 is 0.852 bits per heavy atom. The van der Waals surface area contributed by atoms with E-state index in [9.17, 15) is 40.7 Å². The molecule has 4 aliphatic rings. The third kappa shape index (κ3) is 10.3. The molecule has 3 fully saturated rings. The molecule has 3 heterocycles. The van der Waals surface area contributed by atoms with Crippen LogP contribution in [0.5, 0.6) is 0 Å². The number of amides is 3. The summed E-state index contributed by atoms with van der Waals surface area (Å²) in [6, 6.07) is 14.1. The Kier molecular flexibility index (Phi) is 14.3. The largest absolute Gasteiger partial charge is 0.416 e. The molecule has 3 saturated heterocycles. The molecule has 0 bridgehead atoms. The third-order valence-corrected chi connectivity index (χ3v) is 13.3. The van der Waals surface area contributed by atoms with Gasteiger partial charge in [0.05, 0.1) is 40.4 Å². The number of hydrogen-bond acceptors (Lipinski definition) is 6. The third-order valence-electron chi connectivity index (χ3n) is 12.6. The van der Waals surface area contributed by atoms with E-state index in [-0.39, 0.29) is 84.2 Å². The molecule has 9 nitrogen and oxygen atoms in total. The molecule has 1 spiro atoms. The van der Waals surface area contributed by atoms with Crippen LogP contribution in [0.4, 0.5) is 26.3 Å². The maximum Gasteiger partial charge on any atom is 0.416 e. The Labute approximate surface area is 366 Å². The molecule has 332 valence electrons. The molecule has 1 aliphatic carbocycles. The summed E-state index contributed by atoms with van der Waals surface area (Å²) in [6.07, 6.45) is -6.65. The summed E-state index contributed by atoms with van der Waals surface area (Å²) in [6.45, 7) is 4.04. The Hall–Kier alpha value is -3.60. The van der Waals surface area contributed by atoms with Crippen molar-refractivity contribution >= 4 is 53.3 Å². The smallest absolute Gasteiger partial charge is 0.367 e. The lowest BCUT2D eigenvalue weighted by atomic mass is 9.72. The lowest BCUT2D eigenvalue weighted by Gasteiger charge is -2.46. The van der Waals surface area contributed by atoms with Gasteiger partial charge in [0.25, 0.3) is 5.91 Å². The van der Waals surface area contributed by atoms with Gasteiger partial charge in [0.1, 0.15) is 12.2 Å². The second-order valence-electron chi connectivity index (χ2n) is 16.3. The van der Waals surface area contributed by atoms with Crippen LogP contribution in [0.2, 0.25) is 10.0 Å². The molecule has 0 aromatic heterocycles. The van der Waals surface area contributed by atoms with E-state index < -0.39 is 40.6 Å². The zero-order chi connectivity index (χ0) is 43.0. The fourth-order valence-electron chi connectivity index (χ4n) is 9.37. The number of nitrogens with one attached hydrogen (secondary N) is 1. The van der Waals surface area contributed by atoms with Crippen molar-refractivity contribution in [1.29, 1.82) is 0 Å². The van der Waals surface area contributed by atoms with E-state index in [1.54, 1.807) is 23.1 Å². The molecule has 0 saturated carbocycles. The summed E-state index contributed by atoms with van der Waals surface area (Å²) >= 11 is 12.7. The second-order valence-corrected chi connectivity index (χ2v) is 17.1. The van der Waals surface area contributed by atoms with Crippen molar-refractivity contribution < 1.29 is 50.2 Å². The van der Waals surface area contributed by atoms with E-state index in [1.165, 1.54) is 23.0 Å². The van der Waals surface area contributed by atoms with E-state index in [1.807, 2.05) is 12.1 Å². The first-order chi connectivity index (χ1) is 28.4. The number of hydrogen-bond donors (Lipinski definition) is 1. The van der Waals surface area contributed by atoms with Crippen molar-refractivity contribution in [3.05, 3.63) is 104 Å². The Balaban J connectivity index is 0.00000622. The maximum atomic E-state index is 13.8. The zero-order valence-electron chi connectivity index (χ0n) is 33.3. The Bertz CT molecular complexity index is 2060. The van der Waals surface area contributed by atoms with Gasteiger partial charge in [-0.1, -0.05) is 53.5 Å². The van der Waals surface area contributed by atoms with Gasteiger partial charge in [0.2, 0.25) is 11.8 Å². The number of fused-ring (bicyclic) bond motifs is 2. The number of alkyl halides is 6. The number of halogens is 9. The highest BCUT2D eigenvalue weighted by molar-refractivity contribution is 6.42. The zero-order valence-corrected chi connectivity index (χ0v) is 35.7. The van der Waals surface area contributed by atoms with Gasteiger partial charge in [0, 0.05) is 50.1 Å². The van der Waals surface area contributed by atoms with Gasteiger partial charge in [-0.25, -0.2) is 0 Å². The van der Waals surface area contributed by atoms with Crippen LogP contribution in [0.1, 0.15) is 77.2 Å². The second kappa shape index (κ2) is 18.6. The highest BCUT2D eigenvalue weighted by Crippen LogP contribution is 2.48. The predicted molar refractivity (Wildman–Crippen MR) is 219 cm³/mol. The summed E-state index contributed by atoms with van der Waals surface area (Å²) in [5.74, 6) is -1.16. The van der Waals surface area contributed by atoms with Crippen LogP contribution in [0.3, 0.4) is 0 Å². The van der Waals surface area contributed by atoms with Gasteiger partial charge < -0.3 is 29.5 Å². The molecule has 1 N–H and O–H groups in total. The molecular formula is C43H47Cl3F6N4O5. The number of nitrogens with zero attached hydrogens (tertiary/aromatic N) is 3. The lowest BCUT2D eigenvalue weighted by molar-refractivity contribution is -0.143. The van der Waals surface area contributed by atoms with Crippen LogP contribution in [0.15, 0.2) is 60.7 Å². The number of ether oxygens (including phenoxy) is 2. The van der Waals surface area contributed by atoms with Crippen LogP contribution >= 0.6 is 35.6 Å². The molecular weight excluding hydrogens is 873 g/mol. The van der Waals surface area contributed by atoms with Crippen molar-refractivity contribution in [3.63, 3.8) is 0 Å². The Morgan fingerprint density at radius 3 is 2.13 bits per heavy atom. The molecule has 0 unspecified atom stereocenters. The van der Waals surface area contributed by atoms with Gasteiger partial charge in [-0.3, -0.25) is 14.4 Å². The van der Waals surface area contributed by atoms with Crippen LogP contribution < -0.4 is 5.32 Å². The predicted octanol–water partition coefficient (Wildman–Crippen LogP) is 8.31. The van der Waals surface area contributed by atoms with E-state index in [4.69, 9.17) is 32.7 Å². The molecule has 0 radical (unpaired) electrons. The van der Waals surface area contributed by atoms with Crippen molar-refractivity contribution in [2.24, 2.45) is 0 Å². The van der Waals surface area contributed by atoms with Gasteiger partial charge in [0.15, 0.2) is 0 Å². The first kappa shape index (κ1) is 46.9. The SMILES string of the molecule is CC(=O)NC1CCN(C(=O)CO[C@H]2Cc3ccccc3C23CCN(CC[C@]2(c4ccc(Cl)c(Cl)c4)CN(C(=O)c4cc(C(F)(F)F)cc(C(F)(F)F)c4)CCO2)CC3)CC1.Cl. The highest BCUT2D eigenvalue weighted by Gasteiger charge is 2.50. The highest BCUT2D eigenvalue weighted by atomic mass is 35.5. The fraction of sp³-hybridized carbons (Fsp3) is 0.512. The minimum atomic E-state index is -5.11. The van der Waals surface area contributed by atoms with Crippen LogP contribution in [-0.4, -0.2) is 104 Å². The maximum absolute atomic E-state index is 13.8. The van der Waals surface area contributed by atoms with Gasteiger partial charge >= 0.3 is 12.4 Å². The fourth-order valence-corrected chi connectivity index (χ4v) is 9.67. The minimum absolute atomic E-state index is 0. The molecule has 3 aliphatic heterocycles. The molecule has 3 aromatic carbocycles. The molecule has 2 atom stereocenters. The number of benzene rings is 3. The first-order valence-corrected chi connectivity index (χ1v) is 20.8. The normalized spacial score (nSPS) is 22.1. The standard InChI is InChI=1S/C43H46Cl2F6N4O5.ClH/c1-27(56)52-33-8-13-54(14-9-33)38(57)25-59-37-22-28-4-2-3-5-34(28)40(37)10-15-53(16-11-40)17-12-41(30-6-7-35(44)36(45)24-30)26-55(18-19-60-41)39(58)29-20-31(42(46,47)48)23-32(21-29)43(49,50)51;/h2-7,20-21,23-24,33,37H,8-19,22,25-26H2,1H3,(H,52,56);1H/t37-,41+;/m0./s1. The van der Waals surface area contributed by atoms with Crippen molar-refractivity contribution in [1.82, 2.24) is 20.0 Å². The summed E-state index contributed by atoms with van der Waals surface area (Å²) < 4.78 is 95.3. The summed E-state index contributed by atoms with van der Waals surface area (Å²) in [7, 11) is 0. The minimum Gasteiger partial charge on any atom is -0.367 e. The lowest BCUT2D eigenvalue weighted by Crippen LogP contribution is -2.54. The van der Waals surface area contributed by atoms with Crippen LogP contribution in [0, 0.1) is 0 Å². The summed E-state index contributed by atoms with van der Waals surface area (Å²) in [5.41, 5.74) is -2.49. The molecule has 18 heteroatoms. The van der Waals surface area contributed by atoms with Gasteiger partial charge in [-0.05, 0) is 98.6 Å².